The summed E-state index contributed by atoms with van der Waals surface area (Å²) in [7, 11) is 0. The number of carbonyl (C=O) groups excluding carboxylic acids is 2. The molecule has 2 aliphatic rings. The molecule has 192 valence electrons. The number of fused-ring (bicyclic) bond motifs is 3. The van der Waals surface area contributed by atoms with Gasteiger partial charge in [-0.2, -0.15) is 0 Å². The van der Waals surface area contributed by atoms with Crippen molar-refractivity contribution in [2.75, 3.05) is 32.7 Å². The van der Waals surface area contributed by atoms with Crippen LogP contribution in [0.4, 0.5) is 0 Å². The van der Waals surface area contributed by atoms with Crippen LogP contribution in [-0.2, 0) is 29.0 Å². The lowest BCUT2D eigenvalue weighted by Gasteiger charge is -2.34. The monoisotopic (exact) mass is 501 g/mol. The smallest absolute Gasteiger partial charge is 0.262 e. The molecule has 35 heavy (non-hydrogen) atoms. The number of rotatable bonds is 10. The second-order valence-electron chi connectivity index (χ2n) is 10.4. The van der Waals surface area contributed by atoms with Gasteiger partial charge in [-0.15, -0.1) is 11.3 Å². The molecule has 1 aliphatic heterocycles. The highest BCUT2D eigenvalue weighted by Crippen LogP contribution is 2.33. The van der Waals surface area contributed by atoms with Crippen LogP contribution in [0.15, 0.2) is 11.1 Å². The van der Waals surface area contributed by atoms with Gasteiger partial charge in [-0.3, -0.25) is 19.0 Å². The van der Waals surface area contributed by atoms with Crippen LogP contribution in [0, 0.1) is 11.8 Å². The average Bonchev–Trinajstić information content (AvgIpc) is 3.20. The topological polar surface area (TPSA) is 96.3 Å². The molecule has 2 unspecified atom stereocenters. The molecular weight excluding hydrogens is 462 g/mol. The van der Waals surface area contributed by atoms with E-state index in [2.05, 4.69) is 34.4 Å². The van der Waals surface area contributed by atoms with Crippen LogP contribution < -0.4 is 16.2 Å². The molecule has 4 rings (SSSR count). The molecule has 1 fully saturated rings. The van der Waals surface area contributed by atoms with Gasteiger partial charge in [0.05, 0.1) is 11.7 Å². The third kappa shape index (κ3) is 6.91. The van der Waals surface area contributed by atoms with Gasteiger partial charge in [0, 0.05) is 37.5 Å². The van der Waals surface area contributed by atoms with Crippen LogP contribution >= 0.6 is 11.3 Å². The number of nitrogens with one attached hydrogen (secondary N) is 2. The van der Waals surface area contributed by atoms with Crippen LogP contribution in [0.3, 0.4) is 0 Å². The first-order valence-corrected chi connectivity index (χ1v) is 14.0. The maximum Gasteiger partial charge on any atom is 0.262 e. The van der Waals surface area contributed by atoms with Gasteiger partial charge < -0.3 is 15.5 Å². The summed E-state index contributed by atoms with van der Waals surface area (Å²) in [6, 6.07) is 0. The number of piperidine rings is 1. The highest BCUT2D eigenvalue weighted by atomic mass is 32.1. The van der Waals surface area contributed by atoms with Crippen molar-refractivity contribution in [3.63, 3.8) is 0 Å². The highest BCUT2D eigenvalue weighted by molar-refractivity contribution is 7.18. The van der Waals surface area contributed by atoms with Crippen molar-refractivity contribution in [2.45, 2.75) is 71.8 Å². The third-order valence-corrected chi connectivity index (χ3v) is 8.28. The van der Waals surface area contributed by atoms with E-state index in [-0.39, 0.29) is 23.9 Å². The average molecular weight is 502 g/mol. The Bertz CT molecular complexity index is 1080. The van der Waals surface area contributed by atoms with E-state index in [1.54, 1.807) is 11.3 Å². The first kappa shape index (κ1) is 25.8. The van der Waals surface area contributed by atoms with Gasteiger partial charge in [0.1, 0.15) is 11.4 Å². The van der Waals surface area contributed by atoms with Crippen molar-refractivity contribution in [3.8, 4) is 0 Å². The van der Waals surface area contributed by atoms with Gasteiger partial charge in [-0.1, -0.05) is 13.8 Å². The maximum atomic E-state index is 13.0. The largest absolute Gasteiger partial charge is 0.356 e. The van der Waals surface area contributed by atoms with E-state index in [1.165, 1.54) is 22.2 Å². The van der Waals surface area contributed by atoms with E-state index in [0.29, 0.717) is 31.3 Å². The molecule has 0 aromatic carbocycles. The van der Waals surface area contributed by atoms with Crippen LogP contribution in [0.25, 0.3) is 10.2 Å². The van der Waals surface area contributed by atoms with Gasteiger partial charge in [0.2, 0.25) is 11.8 Å². The Morgan fingerprint density at radius 3 is 2.57 bits per heavy atom. The van der Waals surface area contributed by atoms with Crippen molar-refractivity contribution < 1.29 is 9.59 Å². The Morgan fingerprint density at radius 2 is 1.77 bits per heavy atom. The summed E-state index contributed by atoms with van der Waals surface area (Å²) >= 11 is 1.61. The molecule has 8 nitrogen and oxygen atoms in total. The summed E-state index contributed by atoms with van der Waals surface area (Å²) in [5.41, 5.74) is 1.01. The molecule has 1 saturated heterocycles. The zero-order valence-electron chi connectivity index (χ0n) is 21.1. The minimum absolute atomic E-state index is 0.0210. The molecule has 3 heterocycles. The van der Waals surface area contributed by atoms with Crippen molar-refractivity contribution in [1.29, 1.82) is 0 Å². The van der Waals surface area contributed by atoms with E-state index in [1.807, 2.05) is 0 Å². The molecule has 0 spiro atoms. The lowest BCUT2D eigenvalue weighted by Crippen LogP contribution is -2.40. The molecule has 2 aromatic rings. The third-order valence-electron chi connectivity index (χ3n) is 7.08. The van der Waals surface area contributed by atoms with E-state index in [0.717, 1.165) is 74.0 Å². The van der Waals surface area contributed by atoms with Gasteiger partial charge in [0.15, 0.2) is 0 Å². The zero-order chi connectivity index (χ0) is 24.8. The quantitative estimate of drug-likeness (QED) is 0.488. The number of aromatic nitrogens is 2. The molecule has 2 aromatic heterocycles. The van der Waals surface area contributed by atoms with Crippen LogP contribution in [0.5, 0.6) is 0 Å². The summed E-state index contributed by atoms with van der Waals surface area (Å²) in [4.78, 5) is 46.4. The first-order valence-electron chi connectivity index (χ1n) is 13.2. The number of hydrogen-bond donors (Lipinski definition) is 2. The second-order valence-corrected chi connectivity index (χ2v) is 11.5. The lowest BCUT2D eigenvalue weighted by molar-refractivity contribution is -0.123. The molecule has 0 saturated carbocycles. The van der Waals surface area contributed by atoms with Crippen molar-refractivity contribution in [3.05, 3.63) is 27.1 Å². The van der Waals surface area contributed by atoms with Gasteiger partial charge in [-0.05, 0) is 68.9 Å². The van der Waals surface area contributed by atoms with Crippen molar-refractivity contribution in [1.82, 2.24) is 25.1 Å². The Balaban J connectivity index is 1.13. The standard InChI is InChI=1S/C26H39N5O3S/c1-18-13-19(2)15-30(14-18)12-6-11-27-22(32)9-5-10-28-23(33)16-31-17-29-25-24(26(31)34)20-7-3-4-8-21(20)35-25/h17-19H,3-16H2,1-2H3,(H,27,32)(H,28,33). The molecule has 9 heteroatoms. The number of nitrogens with zero attached hydrogens (tertiary/aromatic N) is 3. The summed E-state index contributed by atoms with van der Waals surface area (Å²) < 4.78 is 1.40. The van der Waals surface area contributed by atoms with Crippen LogP contribution in [0.1, 0.15) is 62.8 Å². The van der Waals surface area contributed by atoms with E-state index in [9.17, 15) is 14.4 Å². The second kappa shape index (κ2) is 12.1. The van der Waals surface area contributed by atoms with Gasteiger partial charge in [-0.25, -0.2) is 4.98 Å². The van der Waals surface area contributed by atoms with Gasteiger partial charge in [0.25, 0.3) is 5.56 Å². The highest BCUT2D eigenvalue weighted by Gasteiger charge is 2.22. The van der Waals surface area contributed by atoms with Gasteiger partial charge >= 0.3 is 0 Å². The normalized spacial score (nSPS) is 20.5. The molecule has 2 amide bonds. The summed E-state index contributed by atoms with van der Waals surface area (Å²) in [6.45, 7) is 9.02. The Labute approximate surface area is 211 Å². The molecule has 2 N–H and O–H groups in total. The predicted molar refractivity (Wildman–Crippen MR) is 140 cm³/mol. The van der Waals surface area contributed by atoms with Crippen molar-refractivity contribution >= 4 is 33.4 Å². The van der Waals surface area contributed by atoms with Crippen LogP contribution in [-0.4, -0.2) is 59.0 Å². The first-order chi connectivity index (χ1) is 16.9. The Hall–Kier alpha value is -2.26. The SMILES string of the molecule is CC1CC(C)CN(CCCNC(=O)CCCNC(=O)Cn2cnc3sc4c(c3c2=O)CCCC4)C1. The van der Waals surface area contributed by atoms with E-state index >= 15 is 0 Å². The number of thiophene rings is 1. The molecule has 2 atom stereocenters. The number of hydrogen-bond acceptors (Lipinski definition) is 6. The maximum absolute atomic E-state index is 13.0. The van der Waals surface area contributed by atoms with Crippen molar-refractivity contribution in [2.24, 2.45) is 11.8 Å². The number of aryl methyl sites for hydroxylation is 2. The Kier molecular flexibility index (Phi) is 8.94. The van der Waals surface area contributed by atoms with Crippen LogP contribution in [0.2, 0.25) is 0 Å². The summed E-state index contributed by atoms with van der Waals surface area (Å²) in [6.07, 6.45) is 8.89. The predicted octanol–water partition coefficient (Wildman–Crippen LogP) is 2.72. The lowest BCUT2D eigenvalue weighted by atomic mass is 9.92. The molecule has 0 bridgehead atoms. The molecule has 1 aliphatic carbocycles. The zero-order valence-corrected chi connectivity index (χ0v) is 21.9. The fraction of sp³-hybridized carbons (Fsp3) is 0.692. The fourth-order valence-corrected chi connectivity index (χ4v) is 6.79. The fourth-order valence-electron chi connectivity index (χ4n) is 5.57. The number of carbonyl (C=O) groups is 2. The minimum Gasteiger partial charge on any atom is -0.356 e. The molecule has 0 radical (unpaired) electrons. The van der Waals surface area contributed by atoms with E-state index in [4.69, 9.17) is 0 Å². The Morgan fingerprint density at radius 1 is 1.06 bits per heavy atom. The summed E-state index contributed by atoms with van der Waals surface area (Å²) in [5, 5.41) is 6.51. The number of likely N-dealkylation sites (tertiary alicyclic amines) is 1. The summed E-state index contributed by atoms with van der Waals surface area (Å²) in [5.74, 6) is 1.29. The van der Waals surface area contributed by atoms with E-state index < -0.39 is 0 Å². The molecular formula is C26H39N5O3S. The minimum atomic E-state index is -0.234. The number of amides is 2.